The molecule has 6 nitrogen and oxygen atoms in total. The minimum absolute atomic E-state index is 0.112. The Morgan fingerprint density at radius 1 is 1.44 bits per heavy atom. The van der Waals surface area contributed by atoms with E-state index in [0.29, 0.717) is 25.1 Å². The molecule has 0 spiro atoms. The smallest absolute Gasteiger partial charge is 0.251 e. The summed E-state index contributed by atoms with van der Waals surface area (Å²) < 4.78 is 0. The Morgan fingerprint density at radius 3 is 3.17 bits per heavy atom. The number of carbonyl (C=O) groups is 1. The van der Waals surface area contributed by atoms with Gasteiger partial charge in [-0.1, -0.05) is 5.11 Å². The van der Waals surface area contributed by atoms with Crippen molar-refractivity contribution in [3.63, 3.8) is 0 Å². The van der Waals surface area contributed by atoms with Crippen molar-refractivity contribution in [1.29, 1.82) is 0 Å². The number of aromatic nitrogens is 1. The van der Waals surface area contributed by atoms with Gasteiger partial charge in [0, 0.05) is 40.7 Å². The number of carbonyl (C=O) groups excluding carboxylic acids is 1. The number of rotatable bonds is 5. The zero-order valence-corrected chi connectivity index (χ0v) is 9.76. The molecule has 1 amide bonds. The zero-order valence-electron chi connectivity index (χ0n) is 9.76. The van der Waals surface area contributed by atoms with E-state index < -0.39 is 0 Å². The van der Waals surface area contributed by atoms with E-state index in [1.165, 1.54) is 0 Å². The summed E-state index contributed by atoms with van der Waals surface area (Å²) in [4.78, 5) is 17.5. The summed E-state index contributed by atoms with van der Waals surface area (Å²) >= 11 is 0. The van der Waals surface area contributed by atoms with Gasteiger partial charge in [0.15, 0.2) is 0 Å². The third-order valence-electron chi connectivity index (χ3n) is 2.60. The first-order valence-electron chi connectivity index (χ1n) is 5.67. The Kier molecular flexibility index (Phi) is 3.83. The molecule has 2 aromatic rings. The van der Waals surface area contributed by atoms with E-state index in [4.69, 9.17) is 5.53 Å². The number of amides is 1. The highest BCUT2D eigenvalue weighted by Gasteiger charge is 2.05. The number of azide groups is 1. The molecule has 0 aliphatic heterocycles. The van der Waals surface area contributed by atoms with Crippen LogP contribution in [0, 0.1) is 0 Å². The Bertz CT molecular complexity index is 597. The molecule has 0 saturated carbocycles. The monoisotopic (exact) mass is 243 g/mol. The van der Waals surface area contributed by atoms with Crippen molar-refractivity contribution < 1.29 is 4.79 Å². The normalized spacial score (nSPS) is 10.0. The first kappa shape index (κ1) is 12.0. The van der Waals surface area contributed by atoms with Crippen LogP contribution in [-0.2, 0) is 0 Å². The largest absolute Gasteiger partial charge is 0.361 e. The maximum Gasteiger partial charge on any atom is 0.251 e. The van der Waals surface area contributed by atoms with Gasteiger partial charge in [-0.15, -0.1) is 0 Å². The van der Waals surface area contributed by atoms with E-state index in [1.54, 1.807) is 6.07 Å². The highest BCUT2D eigenvalue weighted by Crippen LogP contribution is 2.14. The third-order valence-corrected chi connectivity index (χ3v) is 2.60. The molecule has 1 aromatic carbocycles. The van der Waals surface area contributed by atoms with Crippen molar-refractivity contribution in [3.05, 3.63) is 46.5 Å². The predicted molar refractivity (Wildman–Crippen MR) is 69.3 cm³/mol. The standard InChI is InChI=1S/C12H13N5O/c13-17-16-6-1-5-15-12(18)10-2-3-11-9(8-10)4-7-14-11/h2-4,7-8,14H,1,5-6H2,(H,15,18). The predicted octanol–water partition coefficient (Wildman–Crippen LogP) is 2.60. The van der Waals surface area contributed by atoms with Crippen LogP contribution in [0.1, 0.15) is 16.8 Å². The molecule has 1 heterocycles. The molecule has 0 aliphatic carbocycles. The zero-order chi connectivity index (χ0) is 12.8. The number of nitrogens with zero attached hydrogens (tertiary/aromatic N) is 3. The van der Waals surface area contributed by atoms with Crippen LogP contribution in [0.3, 0.4) is 0 Å². The number of H-pyrrole nitrogens is 1. The summed E-state index contributed by atoms with van der Waals surface area (Å²) in [5.41, 5.74) is 9.74. The van der Waals surface area contributed by atoms with Gasteiger partial charge < -0.3 is 10.3 Å². The molecule has 0 aliphatic rings. The van der Waals surface area contributed by atoms with E-state index in [9.17, 15) is 4.79 Å². The van der Waals surface area contributed by atoms with Crippen LogP contribution < -0.4 is 5.32 Å². The molecule has 0 bridgehead atoms. The third kappa shape index (κ3) is 2.81. The van der Waals surface area contributed by atoms with Crippen LogP contribution in [0.25, 0.3) is 21.3 Å². The maximum absolute atomic E-state index is 11.8. The maximum atomic E-state index is 11.8. The Labute approximate surface area is 104 Å². The highest BCUT2D eigenvalue weighted by molar-refractivity contribution is 5.98. The van der Waals surface area contributed by atoms with Gasteiger partial charge in [0.1, 0.15) is 0 Å². The van der Waals surface area contributed by atoms with Crippen molar-refractivity contribution >= 4 is 16.8 Å². The second kappa shape index (κ2) is 5.75. The lowest BCUT2D eigenvalue weighted by molar-refractivity contribution is 0.0953. The fraction of sp³-hybridized carbons (Fsp3) is 0.250. The molecule has 0 radical (unpaired) electrons. The molecule has 6 heteroatoms. The molecule has 0 atom stereocenters. The van der Waals surface area contributed by atoms with Crippen LogP contribution in [0.5, 0.6) is 0 Å². The minimum atomic E-state index is -0.112. The van der Waals surface area contributed by atoms with E-state index in [2.05, 4.69) is 20.3 Å². The van der Waals surface area contributed by atoms with Gasteiger partial charge in [0.2, 0.25) is 0 Å². The van der Waals surface area contributed by atoms with E-state index in [1.807, 2.05) is 24.4 Å². The summed E-state index contributed by atoms with van der Waals surface area (Å²) in [6, 6.07) is 7.42. The number of hydrogen-bond donors (Lipinski definition) is 2. The van der Waals surface area contributed by atoms with E-state index in [-0.39, 0.29) is 5.91 Å². The molecule has 0 fully saturated rings. The molecular formula is C12H13N5O. The van der Waals surface area contributed by atoms with Crippen LogP contribution in [0.2, 0.25) is 0 Å². The average Bonchev–Trinajstić information content (AvgIpc) is 2.85. The summed E-state index contributed by atoms with van der Waals surface area (Å²) in [6.07, 6.45) is 2.48. The molecular weight excluding hydrogens is 230 g/mol. The van der Waals surface area contributed by atoms with Crippen molar-refractivity contribution in [2.75, 3.05) is 13.1 Å². The fourth-order valence-corrected chi connectivity index (χ4v) is 1.69. The summed E-state index contributed by atoms with van der Waals surface area (Å²) in [5, 5.41) is 7.19. The Morgan fingerprint density at radius 2 is 2.33 bits per heavy atom. The number of fused-ring (bicyclic) bond motifs is 1. The summed E-state index contributed by atoms with van der Waals surface area (Å²) in [6.45, 7) is 0.899. The highest BCUT2D eigenvalue weighted by atomic mass is 16.1. The van der Waals surface area contributed by atoms with Crippen LogP contribution >= 0.6 is 0 Å². The van der Waals surface area contributed by atoms with Crippen molar-refractivity contribution in [1.82, 2.24) is 10.3 Å². The van der Waals surface area contributed by atoms with E-state index in [0.717, 1.165) is 10.9 Å². The molecule has 2 rings (SSSR count). The molecule has 1 aromatic heterocycles. The molecule has 0 unspecified atom stereocenters. The molecule has 92 valence electrons. The summed E-state index contributed by atoms with van der Waals surface area (Å²) in [7, 11) is 0. The van der Waals surface area contributed by atoms with E-state index >= 15 is 0 Å². The Hall–Kier alpha value is -2.46. The first-order chi connectivity index (χ1) is 8.81. The van der Waals surface area contributed by atoms with Crippen LogP contribution in [0.4, 0.5) is 0 Å². The first-order valence-corrected chi connectivity index (χ1v) is 5.67. The fourth-order valence-electron chi connectivity index (χ4n) is 1.69. The average molecular weight is 243 g/mol. The van der Waals surface area contributed by atoms with Gasteiger partial charge in [-0.3, -0.25) is 4.79 Å². The minimum Gasteiger partial charge on any atom is -0.361 e. The number of benzene rings is 1. The lowest BCUT2D eigenvalue weighted by Crippen LogP contribution is -2.24. The van der Waals surface area contributed by atoms with Gasteiger partial charge in [-0.25, -0.2) is 0 Å². The topological polar surface area (TPSA) is 93.7 Å². The van der Waals surface area contributed by atoms with Gasteiger partial charge >= 0.3 is 0 Å². The Balaban J connectivity index is 1.93. The van der Waals surface area contributed by atoms with Gasteiger partial charge in [-0.05, 0) is 36.2 Å². The SMILES string of the molecule is [N-]=[N+]=NCCCNC(=O)c1ccc2[nH]ccc2c1. The quantitative estimate of drug-likeness (QED) is 0.359. The van der Waals surface area contributed by atoms with Crippen molar-refractivity contribution in [2.24, 2.45) is 5.11 Å². The van der Waals surface area contributed by atoms with Crippen LogP contribution in [-0.4, -0.2) is 24.0 Å². The molecule has 2 N–H and O–H groups in total. The lowest BCUT2D eigenvalue weighted by atomic mass is 10.1. The number of nitrogens with one attached hydrogen (secondary N) is 2. The van der Waals surface area contributed by atoms with Gasteiger partial charge in [0.25, 0.3) is 5.91 Å². The van der Waals surface area contributed by atoms with Gasteiger partial charge in [0.05, 0.1) is 0 Å². The van der Waals surface area contributed by atoms with Crippen molar-refractivity contribution in [2.45, 2.75) is 6.42 Å². The number of aromatic amines is 1. The number of hydrogen-bond acceptors (Lipinski definition) is 2. The van der Waals surface area contributed by atoms with Gasteiger partial charge in [-0.2, -0.15) is 0 Å². The molecule has 18 heavy (non-hydrogen) atoms. The second-order valence-electron chi connectivity index (χ2n) is 3.84. The van der Waals surface area contributed by atoms with Crippen molar-refractivity contribution in [3.8, 4) is 0 Å². The summed E-state index contributed by atoms with van der Waals surface area (Å²) in [5.74, 6) is -0.112. The second-order valence-corrected chi connectivity index (χ2v) is 3.84. The molecule has 0 saturated heterocycles. The lowest BCUT2D eigenvalue weighted by Gasteiger charge is -2.04. The van der Waals surface area contributed by atoms with Crippen LogP contribution in [0.15, 0.2) is 35.6 Å².